The zero-order valence-corrected chi connectivity index (χ0v) is 18.4. The molecule has 3 nitrogen and oxygen atoms in total. The van der Waals surface area contributed by atoms with Crippen LogP contribution >= 0.6 is 6.89 Å². The number of allylic oxidation sites excluding steroid dienone is 4. The van der Waals surface area contributed by atoms with Gasteiger partial charge in [-0.2, -0.15) is 10.5 Å². The van der Waals surface area contributed by atoms with Crippen molar-refractivity contribution in [3.63, 3.8) is 0 Å². The minimum absolute atomic E-state index is 0.649. The predicted octanol–water partition coefficient (Wildman–Crippen LogP) is 4.92. The summed E-state index contributed by atoms with van der Waals surface area (Å²) >= 11 is 0. The average molecular weight is 419 g/mol. The van der Waals surface area contributed by atoms with Crippen molar-refractivity contribution in [1.29, 1.82) is 10.5 Å². The Hall–Kier alpha value is -3.78. The van der Waals surface area contributed by atoms with Crippen molar-refractivity contribution >= 4 is 34.0 Å². The van der Waals surface area contributed by atoms with Gasteiger partial charge < -0.3 is 4.90 Å². The minimum Gasteiger partial charge on any atom is -0.378 e. The van der Waals surface area contributed by atoms with Crippen LogP contribution in [0.5, 0.6) is 0 Å². The van der Waals surface area contributed by atoms with Gasteiger partial charge in [-0.15, -0.1) is 0 Å². The quantitative estimate of drug-likeness (QED) is 0.564. The third kappa shape index (κ3) is 3.51. The Morgan fingerprint density at radius 1 is 0.677 bits per heavy atom. The van der Waals surface area contributed by atoms with Gasteiger partial charge in [0, 0.05) is 26.7 Å². The molecule has 0 spiro atoms. The van der Waals surface area contributed by atoms with E-state index in [1.165, 1.54) is 0 Å². The molecule has 0 aliphatic carbocycles. The summed E-state index contributed by atoms with van der Waals surface area (Å²) in [6, 6.07) is 33.1. The van der Waals surface area contributed by atoms with E-state index in [1.54, 1.807) is 0 Å². The number of benzene rings is 3. The number of nitrogens with zero attached hydrogens (tertiary/aromatic N) is 3. The Morgan fingerprint density at radius 3 is 1.68 bits per heavy atom. The lowest BCUT2D eigenvalue weighted by molar-refractivity contribution is 1.13. The third-order valence-electron chi connectivity index (χ3n) is 5.54. The SMILES string of the molecule is CN(C)c1ccc(C2=CC(C#N)=P(c3ccccc3)(c3ccccc3)C(C#N)=C2)cc1. The monoisotopic (exact) mass is 419 g/mol. The second-order valence-corrected chi connectivity index (χ2v) is 10.9. The fourth-order valence-corrected chi connectivity index (χ4v) is 7.88. The van der Waals surface area contributed by atoms with Crippen LogP contribution in [0.4, 0.5) is 5.69 Å². The second kappa shape index (κ2) is 8.53. The summed E-state index contributed by atoms with van der Waals surface area (Å²) < 4.78 is 0. The highest BCUT2D eigenvalue weighted by molar-refractivity contribution is 7.93. The van der Waals surface area contributed by atoms with Crippen LogP contribution in [0.1, 0.15) is 5.56 Å². The van der Waals surface area contributed by atoms with Gasteiger partial charge in [0.25, 0.3) is 0 Å². The Kier molecular flexibility index (Phi) is 5.64. The Labute approximate surface area is 183 Å². The summed E-state index contributed by atoms with van der Waals surface area (Å²) in [6.45, 7) is -2.53. The van der Waals surface area contributed by atoms with Crippen molar-refractivity contribution in [1.82, 2.24) is 0 Å². The van der Waals surface area contributed by atoms with Gasteiger partial charge in [0.05, 0.1) is 10.6 Å². The molecule has 0 saturated carbocycles. The van der Waals surface area contributed by atoms with Gasteiger partial charge in [-0.3, -0.25) is 0 Å². The van der Waals surface area contributed by atoms with E-state index in [0.29, 0.717) is 10.6 Å². The molecule has 4 heteroatoms. The third-order valence-corrected chi connectivity index (χ3v) is 9.59. The van der Waals surface area contributed by atoms with Crippen LogP contribution in [0.25, 0.3) is 5.57 Å². The maximum absolute atomic E-state index is 10.3. The second-order valence-electron chi connectivity index (χ2n) is 7.52. The number of hydrogen-bond donors (Lipinski definition) is 0. The summed E-state index contributed by atoms with van der Waals surface area (Å²) in [5, 5.41) is 23.9. The largest absolute Gasteiger partial charge is 0.378 e. The van der Waals surface area contributed by atoms with Gasteiger partial charge in [-0.25, -0.2) is 0 Å². The van der Waals surface area contributed by atoms with Crippen molar-refractivity contribution < 1.29 is 0 Å². The fourth-order valence-electron chi connectivity index (χ4n) is 4.00. The topological polar surface area (TPSA) is 50.8 Å². The van der Waals surface area contributed by atoms with E-state index in [1.807, 2.05) is 116 Å². The summed E-state index contributed by atoms with van der Waals surface area (Å²) in [7, 11) is 4.01. The first kappa shape index (κ1) is 20.5. The van der Waals surface area contributed by atoms with E-state index in [-0.39, 0.29) is 0 Å². The molecule has 4 rings (SSSR count). The molecule has 0 fully saturated rings. The maximum Gasteiger partial charge on any atom is 0.100 e. The number of rotatable bonds is 4. The van der Waals surface area contributed by atoms with Gasteiger partial charge >= 0.3 is 0 Å². The molecular weight excluding hydrogens is 397 g/mol. The van der Waals surface area contributed by atoms with Crippen LogP contribution in [0.15, 0.2) is 102 Å². The number of anilines is 1. The van der Waals surface area contributed by atoms with Crippen LogP contribution in [0.3, 0.4) is 0 Å². The van der Waals surface area contributed by atoms with Crippen LogP contribution in [0, 0.1) is 22.7 Å². The van der Waals surface area contributed by atoms with Crippen LogP contribution < -0.4 is 15.5 Å². The average Bonchev–Trinajstić information content (AvgIpc) is 2.84. The van der Waals surface area contributed by atoms with Crippen molar-refractivity contribution in [2.45, 2.75) is 0 Å². The summed E-state index contributed by atoms with van der Waals surface area (Å²) in [4.78, 5) is 2.05. The standard InChI is InChI=1S/C27H22N3P/c1-30(2)23-15-13-21(14-16-23)22-17-26(19-28)31(27(18-22)20-29,24-9-5-3-6-10-24)25-11-7-4-8-12-25/h3-18H,1-2H3. The molecule has 1 aliphatic heterocycles. The van der Waals surface area contributed by atoms with E-state index in [9.17, 15) is 10.5 Å². The summed E-state index contributed by atoms with van der Waals surface area (Å²) in [5.41, 5.74) is 2.98. The van der Waals surface area contributed by atoms with Crippen LogP contribution in [-0.2, 0) is 0 Å². The lowest BCUT2D eigenvalue weighted by atomic mass is 10.0. The molecule has 0 atom stereocenters. The summed E-state index contributed by atoms with van der Waals surface area (Å²) in [6.07, 6.45) is 3.94. The Bertz CT molecular complexity index is 1260. The van der Waals surface area contributed by atoms with Gasteiger partial charge in [0.2, 0.25) is 0 Å². The molecule has 3 aromatic rings. The van der Waals surface area contributed by atoms with Crippen molar-refractivity contribution in [2.24, 2.45) is 0 Å². The van der Waals surface area contributed by atoms with E-state index in [0.717, 1.165) is 27.4 Å². The normalized spacial score (nSPS) is 14.6. The molecule has 0 bridgehead atoms. The van der Waals surface area contributed by atoms with E-state index < -0.39 is 6.89 Å². The molecule has 0 N–H and O–H groups in total. The first-order chi connectivity index (χ1) is 15.1. The molecule has 0 radical (unpaired) electrons. The van der Waals surface area contributed by atoms with Crippen LogP contribution in [-0.4, -0.2) is 19.4 Å². The number of nitriles is 2. The highest BCUT2D eigenvalue weighted by Crippen LogP contribution is 2.57. The molecule has 31 heavy (non-hydrogen) atoms. The van der Waals surface area contributed by atoms with E-state index in [2.05, 4.69) is 12.1 Å². The van der Waals surface area contributed by atoms with Gasteiger partial charge in [0.15, 0.2) is 0 Å². The lowest BCUT2D eigenvalue weighted by Crippen LogP contribution is -2.24. The van der Waals surface area contributed by atoms with Crippen molar-refractivity contribution in [3.05, 3.63) is 108 Å². The molecule has 0 amide bonds. The summed E-state index contributed by atoms with van der Waals surface area (Å²) in [5.74, 6) is 0. The molecule has 150 valence electrons. The van der Waals surface area contributed by atoms with Crippen molar-refractivity contribution in [2.75, 3.05) is 19.0 Å². The molecular formula is C27H22N3P. The predicted molar refractivity (Wildman–Crippen MR) is 132 cm³/mol. The van der Waals surface area contributed by atoms with E-state index in [4.69, 9.17) is 0 Å². The first-order valence-electron chi connectivity index (χ1n) is 10.0. The van der Waals surface area contributed by atoms with Gasteiger partial charge in [-0.1, -0.05) is 72.8 Å². The van der Waals surface area contributed by atoms with Gasteiger partial charge in [0.1, 0.15) is 12.1 Å². The zero-order valence-electron chi connectivity index (χ0n) is 17.5. The van der Waals surface area contributed by atoms with Gasteiger partial charge in [-0.05, 0) is 46.0 Å². The molecule has 0 saturated heterocycles. The molecule has 3 aromatic carbocycles. The molecule has 1 heterocycles. The highest BCUT2D eigenvalue weighted by Gasteiger charge is 2.34. The Balaban J connectivity index is 2.04. The van der Waals surface area contributed by atoms with E-state index >= 15 is 0 Å². The Morgan fingerprint density at radius 2 is 1.23 bits per heavy atom. The molecule has 0 aromatic heterocycles. The fraction of sp³-hybridized carbons (Fsp3) is 0.0741. The highest BCUT2D eigenvalue weighted by atomic mass is 31.2. The number of hydrogen-bond acceptors (Lipinski definition) is 3. The minimum atomic E-state index is -2.53. The van der Waals surface area contributed by atoms with Crippen molar-refractivity contribution in [3.8, 4) is 12.1 Å². The smallest absolute Gasteiger partial charge is 0.100 e. The first-order valence-corrected chi connectivity index (χ1v) is 11.8. The molecule has 0 unspecified atom stereocenters. The maximum atomic E-state index is 10.3. The van der Waals surface area contributed by atoms with Crippen LogP contribution in [0.2, 0.25) is 0 Å². The molecule has 1 aliphatic rings. The zero-order chi connectivity index (χ0) is 21.8. The lowest BCUT2D eigenvalue weighted by Gasteiger charge is -2.31.